The first-order valence-electron chi connectivity index (χ1n) is 10.1. The molecule has 152 valence electrons. The number of benzene rings is 2. The minimum atomic E-state index is 0.480. The van der Waals surface area contributed by atoms with E-state index in [9.17, 15) is 0 Å². The molecule has 2 aromatic carbocycles. The molecule has 0 bridgehead atoms. The third-order valence-corrected chi connectivity index (χ3v) is 5.22. The van der Waals surface area contributed by atoms with Crippen LogP contribution in [-0.2, 0) is 19.4 Å². The molecule has 4 rings (SSSR count). The first-order valence-corrected chi connectivity index (χ1v) is 10.5. The minimum absolute atomic E-state index is 0.480. The SMILES string of the molecule is CCc1ccc(-c2nn(Cc3ccccc3)cc2/C=N\n2c(CC)n[nH]c2=S)cc1. The van der Waals surface area contributed by atoms with Crippen LogP contribution in [0, 0.1) is 4.77 Å². The monoisotopic (exact) mass is 416 g/mol. The summed E-state index contributed by atoms with van der Waals surface area (Å²) < 4.78 is 4.09. The summed E-state index contributed by atoms with van der Waals surface area (Å²) in [7, 11) is 0. The van der Waals surface area contributed by atoms with Gasteiger partial charge in [0.15, 0.2) is 5.82 Å². The average molecular weight is 417 g/mol. The zero-order chi connectivity index (χ0) is 20.9. The van der Waals surface area contributed by atoms with Crippen molar-refractivity contribution in [3.63, 3.8) is 0 Å². The molecule has 0 unspecified atom stereocenters. The predicted molar refractivity (Wildman–Crippen MR) is 122 cm³/mol. The Hall–Kier alpha value is -3.32. The summed E-state index contributed by atoms with van der Waals surface area (Å²) in [5.74, 6) is 0.793. The molecule has 0 radical (unpaired) electrons. The molecule has 0 aliphatic carbocycles. The number of hydrogen-bond acceptors (Lipinski definition) is 4. The van der Waals surface area contributed by atoms with Crippen LogP contribution in [0.4, 0.5) is 0 Å². The Bertz CT molecular complexity index is 1200. The van der Waals surface area contributed by atoms with Gasteiger partial charge in [-0.3, -0.25) is 9.78 Å². The summed E-state index contributed by atoms with van der Waals surface area (Å²) in [6, 6.07) is 18.8. The zero-order valence-corrected chi connectivity index (χ0v) is 17.9. The van der Waals surface area contributed by atoms with E-state index >= 15 is 0 Å². The van der Waals surface area contributed by atoms with E-state index in [0.717, 1.165) is 35.5 Å². The van der Waals surface area contributed by atoms with Crippen LogP contribution in [0.15, 0.2) is 65.9 Å². The molecule has 0 atom stereocenters. The highest BCUT2D eigenvalue weighted by molar-refractivity contribution is 7.71. The second kappa shape index (κ2) is 9.00. The number of H-pyrrole nitrogens is 1. The minimum Gasteiger partial charge on any atom is -0.267 e. The van der Waals surface area contributed by atoms with Crippen LogP contribution in [0.5, 0.6) is 0 Å². The number of nitrogens with one attached hydrogen (secondary N) is 1. The van der Waals surface area contributed by atoms with Crippen molar-refractivity contribution >= 4 is 18.4 Å². The number of hydrogen-bond donors (Lipinski definition) is 1. The van der Waals surface area contributed by atoms with Crippen LogP contribution in [-0.4, -0.2) is 30.9 Å². The fourth-order valence-electron chi connectivity index (χ4n) is 3.30. The van der Waals surface area contributed by atoms with Gasteiger partial charge in [0.25, 0.3) is 0 Å². The molecule has 6 nitrogen and oxygen atoms in total. The first-order chi connectivity index (χ1) is 14.7. The fourth-order valence-corrected chi connectivity index (χ4v) is 3.50. The highest BCUT2D eigenvalue weighted by Gasteiger charge is 2.11. The van der Waals surface area contributed by atoms with Gasteiger partial charge in [0.05, 0.1) is 12.8 Å². The molecule has 2 aromatic heterocycles. The molecule has 4 aromatic rings. The molecule has 0 aliphatic rings. The van der Waals surface area contributed by atoms with Crippen LogP contribution in [0.1, 0.15) is 36.4 Å². The van der Waals surface area contributed by atoms with E-state index in [1.54, 1.807) is 4.68 Å². The fraction of sp³-hybridized carbons (Fsp3) is 0.217. The number of aryl methyl sites for hydroxylation is 2. The van der Waals surface area contributed by atoms with Crippen molar-refractivity contribution in [1.82, 2.24) is 24.7 Å². The van der Waals surface area contributed by atoms with E-state index in [4.69, 9.17) is 17.3 Å². The molecule has 0 saturated heterocycles. The van der Waals surface area contributed by atoms with Gasteiger partial charge in [-0.25, -0.2) is 0 Å². The number of nitrogens with zero attached hydrogens (tertiary/aromatic N) is 5. The topological polar surface area (TPSA) is 63.8 Å². The van der Waals surface area contributed by atoms with Gasteiger partial charge in [-0.2, -0.15) is 20.0 Å². The van der Waals surface area contributed by atoms with Crippen molar-refractivity contribution in [2.45, 2.75) is 33.2 Å². The molecular formula is C23H24N6S. The highest BCUT2D eigenvalue weighted by Crippen LogP contribution is 2.22. The van der Waals surface area contributed by atoms with Gasteiger partial charge in [0.1, 0.15) is 5.69 Å². The molecule has 2 heterocycles. The third-order valence-electron chi connectivity index (χ3n) is 4.96. The van der Waals surface area contributed by atoms with E-state index in [-0.39, 0.29) is 0 Å². The Labute approximate surface area is 180 Å². The van der Waals surface area contributed by atoms with E-state index in [1.807, 2.05) is 42.2 Å². The predicted octanol–water partition coefficient (Wildman–Crippen LogP) is 4.86. The lowest BCUT2D eigenvalue weighted by molar-refractivity contribution is 0.689. The van der Waals surface area contributed by atoms with Gasteiger partial charge in [0, 0.05) is 23.7 Å². The second-order valence-electron chi connectivity index (χ2n) is 7.02. The zero-order valence-electron chi connectivity index (χ0n) is 17.1. The maximum atomic E-state index is 5.31. The Morgan fingerprint density at radius 3 is 2.47 bits per heavy atom. The summed E-state index contributed by atoms with van der Waals surface area (Å²) in [5, 5.41) is 16.5. The number of aromatic nitrogens is 5. The number of rotatable bonds is 7. The highest BCUT2D eigenvalue weighted by atomic mass is 32.1. The standard InChI is InChI=1S/C23H24N6S/c1-3-17-10-12-19(13-11-17)22-20(14-24-29-21(4-2)25-26-23(29)30)16-28(27-22)15-18-8-6-5-7-9-18/h5-14,16H,3-4,15H2,1-2H3,(H,26,30)/b24-14-. The summed E-state index contributed by atoms with van der Waals surface area (Å²) in [5.41, 5.74) is 5.38. The van der Waals surface area contributed by atoms with E-state index in [0.29, 0.717) is 11.3 Å². The Morgan fingerprint density at radius 1 is 1.00 bits per heavy atom. The van der Waals surface area contributed by atoms with Gasteiger partial charge in [-0.05, 0) is 29.8 Å². The lowest BCUT2D eigenvalue weighted by atomic mass is 10.1. The van der Waals surface area contributed by atoms with Crippen LogP contribution in [0.3, 0.4) is 0 Å². The molecule has 0 fully saturated rings. The van der Waals surface area contributed by atoms with Crippen molar-refractivity contribution in [2.24, 2.45) is 5.10 Å². The smallest absolute Gasteiger partial charge is 0.216 e. The Balaban J connectivity index is 1.73. The molecule has 7 heteroatoms. The summed E-state index contributed by atoms with van der Waals surface area (Å²) in [6.45, 7) is 4.87. The lowest BCUT2D eigenvalue weighted by Gasteiger charge is -2.02. The Morgan fingerprint density at radius 2 is 1.77 bits per heavy atom. The largest absolute Gasteiger partial charge is 0.267 e. The van der Waals surface area contributed by atoms with Crippen LogP contribution in [0.25, 0.3) is 11.3 Å². The van der Waals surface area contributed by atoms with E-state index in [2.05, 4.69) is 58.6 Å². The van der Waals surface area contributed by atoms with Crippen molar-refractivity contribution in [2.75, 3.05) is 0 Å². The van der Waals surface area contributed by atoms with Gasteiger partial charge >= 0.3 is 0 Å². The summed E-state index contributed by atoms with van der Waals surface area (Å²) >= 11 is 5.31. The van der Waals surface area contributed by atoms with Crippen molar-refractivity contribution in [1.29, 1.82) is 0 Å². The van der Waals surface area contributed by atoms with E-state index in [1.165, 1.54) is 11.1 Å². The van der Waals surface area contributed by atoms with Crippen molar-refractivity contribution in [3.8, 4) is 11.3 Å². The molecule has 0 aliphatic heterocycles. The van der Waals surface area contributed by atoms with Crippen molar-refractivity contribution < 1.29 is 0 Å². The normalized spacial score (nSPS) is 11.4. The molecule has 1 N–H and O–H groups in total. The van der Waals surface area contributed by atoms with Crippen LogP contribution >= 0.6 is 12.2 Å². The lowest BCUT2D eigenvalue weighted by Crippen LogP contribution is -2.00. The second-order valence-corrected chi connectivity index (χ2v) is 7.41. The van der Waals surface area contributed by atoms with Gasteiger partial charge < -0.3 is 0 Å². The quantitative estimate of drug-likeness (QED) is 0.346. The number of aromatic amines is 1. The van der Waals surface area contributed by atoms with Gasteiger partial charge in [-0.1, -0.05) is 68.4 Å². The molecular weight excluding hydrogens is 392 g/mol. The van der Waals surface area contributed by atoms with Crippen LogP contribution < -0.4 is 0 Å². The average Bonchev–Trinajstić information content (AvgIpc) is 3.35. The summed E-state index contributed by atoms with van der Waals surface area (Å²) in [4.78, 5) is 0. The van der Waals surface area contributed by atoms with Crippen LogP contribution in [0.2, 0.25) is 0 Å². The molecule has 0 spiro atoms. The first kappa shape index (κ1) is 20.0. The molecule has 0 amide bonds. The summed E-state index contributed by atoms with van der Waals surface area (Å²) in [6.07, 6.45) is 5.58. The Kier molecular flexibility index (Phi) is 5.99. The third kappa shape index (κ3) is 4.31. The maximum Gasteiger partial charge on any atom is 0.216 e. The molecule has 0 saturated carbocycles. The van der Waals surface area contributed by atoms with Gasteiger partial charge in [0.2, 0.25) is 4.77 Å². The van der Waals surface area contributed by atoms with Crippen molar-refractivity contribution in [3.05, 3.63) is 88.1 Å². The molecule has 30 heavy (non-hydrogen) atoms. The maximum absolute atomic E-state index is 5.31. The van der Waals surface area contributed by atoms with Gasteiger partial charge in [-0.15, -0.1) is 0 Å². The van der Waals surface area contributed by atoms with E-state index < -0.39 is 0 Å².